The molecule has 1 aliphatic rings. The van der Waals surface area contributed by atoms with Crippen molar-refractivity contribution in [1.29, 1.82) is 0 Å². The van der Waals surface area contributed by atoms with Crippen molar-refractivity contribution < 1.29 is 22.4 Å². The number of aliphatic imine (C=N–C) groups is 1. The molecule has 0 atom stereocenters. The van der Waals surface area contributed by atoms with Gasteiger partial charge in [0.1, 0.15) is 11.5 Å². The van der Waals surface area contributed by atoms with Crippen LogP contribution in [0.3, 0.4) is 0 Å². The first-order chi connectivity index (χ1) is 10.9. The summed E-state index contributed by atoms with van der Waals surface area (Å²) in [5.41, 5.74) is 0.667. The van der Waals surface area contributed by atoms with E-state index >= 15 is 0 Å². The zero-order valence-corrected chi connectivity index (χ0v) is 11.8. The summed E-state index contributed by atoms with van der Waals surface area (Å²) in [6.07, 6.45) is -3.93. The van der Waals surface area contributed by atoms with Gasteiger partial charge in [0.05, 0.1) is 5.56 Å². The maximum Gasteiger partial charge on any atom is 0.416 e. The molecule has 0 saturated heterocycles. The van der Waals surface area contributed by atoms with Crippen molar-refractivity contribution in [2.45, 2.75) is 12.6 Å². The van der Waals surface area contributed by atoms with Gasteiger partial charge in [-0.15, -0.1) is 0 Å². The minimum absolute atomic E-state index is 0.119. The smallest absolute Gasteiger partial charge is 0.287 e. The number of Topliss-reactive ketones (excluding diaryl/α,β-unsaturated/α-hetero) is 1. The van der Waals surface area contributed by atoms with Crippen molar-refractivity contribution in [1.82, 2.24) is 0 Å². The molecule has 2 aromatic rings. The summed E-state index contributed by atoms with van der Waals surface area (Å²) in [6.45, 7) is 0.345. The zero-order chi connectivity index (χ0) is 16.6. The fourth-order valence-electron chi connectivity index (χ4n) is 2.51. The van der Waals surface area contributed by atoms with Gasteiger partial charge < -0.3 is 0 Å². The molecule has 0 amide bonds. The van der Waals surface area contributed by atoms with Crippen LogP contribution in [0, 0.1) is 5.82 Å². The van der Waals surface area contributed by atoms with Crippen LogP contribution in [0.1, 0.15) is 27.0 Å². The molecule has 0 unspecified atom stereocenters. The van der Waals surface area contributed by atoms with E-state index in [1.807, 2.05) is 0 Å². The van der Waals surface area contributed by atoms with E-state index in [0.29, 0.717) is 24.1 Å². The number of hydrogen-bond acceptors (Lipinski definition) is 2. The fourth-order valence-corrected chi connectivity index (χ4v) is 2.51. The fraction of sp³-hybridized carbons (Fsp3) is 0.176. The van der Waals surface area contributed by atoms with E-state index in [2.05, 4.69) is 4.99 Å². The van der Waals surface area contributed by atoms with Crippen molar-refractivity contribution in [3.8, 4) is 0 Å². The molecule has 118 valence electrons. The molecular weight excluding hydrogens is 310 g/mol. The third kappa shape index (κ3) is 3.02. The first kappa shape index (κ1) is 15.4. The molecule has 2 nitrogen and oxygen atoms in total. The number of hydrogen-bond donors (Lipinski definition) is 0. The lowest BCUT2D eigenvalue weighted by molar-refractivity contribution is -0.137. The largest absolute Gasteiger partial charge is 0.416 e. The van der Waals surface area contributed by atoms with Gasteiger partial charge in [0.2, 0.25) is 5.78 Å². The molecule has 0 bridgehead atoms. The standard InChI is InChI=1S/C17H11F4NO/c18-13-5-6-14-11(9-13)7-8-22-15(14)16(23)10-1-3-12(4-2-10)17(19,20)21/h1-6,9H,7-8H2. The van der Waals surface area contributed by atoms with Crippen LogP contribution in [-0.2, 0) is 12.6 Å². The number of nitrogens with zero attached hydrogens (tertiary/aromatic N) is 1. The molecule has 0 radical (unpaired) electrons. The highest BCUT2D eigenvalue weighted by Gasteiger charge is 2.30. The Bertz CT molecular complexity index is 791. The topological polar surface area (TPSA) is 29.4 Å². The monoisotopic (exact) mass is 321 g/mol. The van der Waals surface area contributed by atoms with Gasteiger partial charge >= 0.3 is 6.18 Å². The number of rotatable bonds is 2. The summed E-state index contributed by atoms with van der Waals surface area (Å²) in [5, 5.41) is 0. The molecule has 23 heavy (non-hydrogen) atoms. The normalized spacial score (nSPS) is 14.2. The maximum absolute atomic E-state index is 13.3. The summed E-state index contributed by atoms with van der Waals surface area (Å²) in [5.74, 6) is -0.863. The summed E-state index contributed by atoms with van der Waals surface area (Å²) in [4.78, 5) is 16.7. The zero-order valence-electron chi connectivity index (χ0n) is 11.8. The van der Waals surface area contributed by atoms with Crippen LogP contribution in [0.15, 0.2) is 47.5 Å². The Morgan fingerprint density at radius 1 is 1.04 bits per heavy atom. The van der Waals surface area contributed by atoms with E-state index in [4.69, 9.17) is 0 Å². The van der Waals surface area contributed by atoms with E-state index in [1.165, 1.54) is 18.2 Å². The Kier molecular flexibility index (Phi) is 3.75. The van der Waals surface area contributed by atoms with Crippen LogP contribution in [0.5, 0.6) is 0 Å². The number of carbonyl (C=O) groups excluding carboxylic acids is 1. The Balaban J connectivity index is 1.94. The van der Waals surface area contributed by atoms with Crippen molar-refractivity contribution in [3.63, 3.8) is 0 Å². The first-order valence-corrected chi connectivity index (χ1v) is 6.91. The molecule has 0 spiro atoms. The second-order valence-electron chi connectivity index (χ2n) is 5.19. The van der Waals surface area contributed by atoms with Gasteiger partial charge in [-0.25, -0.2) is 4.39 Å². The lowest BCUT2D eigenvalue weighted by atomic mass is 9.92. The Labute approximate surface area is 129 Å². The van der Waals surface area contributed by atoms with Gasteiger partial charge in [-0.05, 0) is 42.3 Å². The molecule has 0 N–H and O–H groups in total. The molecule has 6 heteroatoms. The molecule has 1 heterocycles. The van der Waals surface area contributed by atoms with Gasteiger partial charge in [0.25, 0.3) is 0 Å². The highest BCUT2D eigenvalue weighted by Crippen LogP contribution is 2.29. The van der Waals surface area contributed by atoms with Crippen molar-refractivity contribution >= 4 is 11.5 Å². The summed E-state index contributed by atoms with van der Waals surface area (Å²) in [6, 6.07) is 8.05. The Morgan fingerprint density at radius 3 is 2.39 bits per heavy atom. The first-order valence-electron chi connectivity index (χ1n) is 6.91. The van der Waals surface area contributed by atoms with Crippen LogP contribution in [0.2, 0.25) is 0 Å². The molecule has 3 rings (SSSR count). The minimum atomic E-state index is -4.45. The van der Waals surface area contributed by atoms with Crippen LogP contribution in [0.25, 0.3) is 0 Å². The van der Waals surface area contributed by atoms with E-state index in [9.17, 15) is 22.4 Å². The van der Waals surface area contributed by atoms with Gasteiger partial charge in [-0.1, -0.05) is 12.1 Å². The van der Waals surface area contributed by atoms with Crippen LogP contribution in [0.4, 0.5) is 17.6 Å². The highest BCUT2D eigenvalue weighted by molar-refractivity contribution is 6.51. The quantitative estimate of drug-likeness (QED) is 0.605. The van der Waals surface area contributed by atoms with Crippen molar-refractivity contribution in [2.75, 3.05) is 6.54 Å². The van der Waals surface area contributed by atoms with E-state index in [-0.39, 0.29) is 11.3 Å². The Hall–Kier alpha value is -2.50. The second-order valence-corrected chi connectivity index (χ2v) is 5.19. The molecule has 1 aliphatic heterocycles. The van der Waals surface area contributed by atoms with Gasteiger partial charge in [0, 0.05) is 17.7 Å². The Morgan fingerprint density at radius 2 is 1.74 bits per heavy atom. The predicted octanol–water partition coefficient (Wildman–Crippen LogP) is 4.07. The molecular formula is C17H11F4NO. The van der Waals surface area contributed by atoms with Gasteiger partial charge in [-0.2, -0.15) is 13.2 Å². The van der Waals surface area contributed by atoms with Crippen LogP contribution in [-0.4, -0.2) is 18.0 Å². The number of fused-ring (bicyclic) bond motifs is 1. The number of benzene rings is 2. The SMILES string of the molecule is O=C(C1=NCCc2cc(F)ccc21)c1ccc(C(F)(F)F)cc1. The lowest BCUT2D eigenvalue weighted by Crippen LogP contribution is -2.22. The average molecular weight is 321 g/mol. The molecule has 0 aromatic heterocycles. The summed E-state index contributed by atoms with van der Waals surface area (Å²) < 4.78 is 51.0. The summed E-state index contributed by atoms with van der Waals surface area (Å²) in [7, 11) is 0. The molecule has 0 saturated carbocycles. The number of ketones is 1. The van der Waals surface area contributed by atoms with Crippen molar-refractivity contribution in [3.05, 3.63) is 70.5 Å². The third-order valence-electron chi connectivity index (χ3n) is 3.66. The molecule has 0 aliphatic carbocycles. The molecule has 2 aromatic carbocycles. The predicted molar refractivity (Wildman–Crippen MR) is 77.3 cm³/mol. The number of carbonyl (C=O) groups is 1. The van der Waals surface area contributed by atoms with Gasteiger partial charge in [-0.3, -0.25) is 9.79 Å². The average Bonchev–Trinajstić information content (AvgIpc) is 2.52. The minimum Gasteiger partial charge on any atom is -0.287 e. The highest BCUT2D eigenvalue weighted by atomic mass is 19.4. The number of alkyl halides is 3. The van der Waals surface area contributed by atoms with Crippen LogP contribution >= 0.6 is 0 Å². The second kappa shape index (κ2) is 5.61. The third-order valence-corrected chi connectivity index (χ3v) is 3.66. The van der Waals surface area contributed by atoms with Crippen LogP contribution < -0.4 is 0 Å². The molecule has 0 fully saturated rings. The van der Waals surface area contributed by atoms with Gasteiger partial charge in [0.15, 0.2) is 0 Å². The van der Waals surface area contributed by atoms with E-state index in [0.717, 1.165) is 24.3 Å². The maximum atomic E-state index is 13.3. The van der Waals surface area contributed by atoms with Crippen molar-refractivity contribution in [2.24, 2.45) is 4.99 Å². The number of halogens is 4. The lowest BCUT2D eigenvalue weighted by Gasteiger charge is -2.16. The van der Waals surface area contributed by atoms with E-state index in [1.54, 1.807) is 0 Å². The summed E-state index contributed by atoms with van der Waals surface area (Å²) >= 11 is 0. The van der Waals surface area contributed by atoms with E-state index < -0.39 is 23.3 Å².